The summed E-state index contributed by atoms with van der Waals surface area (Å²) in [6.07, 6.45) is 0. The lowest BCUT2D eigenvalue weighted by Gasteiger charge is -2.29. The molecule has 1 N–H and O–H groups in total. The van der Waals surface area contributed by atoms with Gasteiger partial charge < -0.3 is 10.2 Å². The molecule has 21 heavy (non-hydrogen) atoms. The Kier molecular flexibility index (Phi) is 7.55. The first kappa shape index (κ1) is 18.3. The van der Waals surface area contributed by atoms with E-state index in [2.05, 4.69) is 70.0 Å². The van der Waals surface area contributed by atoms with Crippen LogP contribution in [0.25, 0.3) is 0 Å². The van der Waals surface area contributed by atoms with Crippen molar-refractivity contribution in [1.82, 2.24) is 5.32 Å². The molecule has 1 unspecified atom stereocenters. The number of nitrogens with one attached hydrogen (secondary N) is 1. The minimum absolute atomic E-state index is 0.292. The minimum atomic E-state index is 0.292. The molecule has 3 heteroatoms. The van der Waals surface area contributed by atoms with E-state index in [1.807, 2.05) is 0 Å². The smallest absolute Gasteiger partial charge is 0.0474 e. The zero-order valence-corrected chi connectivity index (χ0v) is 15.2. The molecule has 2 nitrogen and oxygen atoms in total. The van der Waals surface area contributed by atoms with Crippen LogP contribution < -0.4 is 10.2 Å². The fourth-order valence-corrected chi connectivity index (χ4v) is 2.99. The van der Waals surface area contributed by atoms with Crippen LogP contribution in [-0.4, -0.2) is 19.6 Å². The number of rotatable bonds is 8. The van der Waals surface area contributed by atoms with Gasteiger partial charge in [0.2, 0.25) is 0 Å². The predicted octanol–water partition coefficient (Wildman–Crippen LogP) is 5.13. The van der Waals surface area contributed by atoms with Crippen molar-refractivity contribution in [3.05, 3.63) is 28.8 Å². The summed E-state index contributed by atoms with van der Waals surface area (Å²) in [6, 6.07) is 6.79. The van der Waals surface area contributed by atoms with Crippen molar-refractivity contribution in [1.29, 1.82) is 0 Å². The van der Waals surface area contributed by atoms with Gasteiger partial charge in [0.15, 0.2) is 0 Å². The molecule has 1 aromatic carbocycles. The topological polar surface area (TPSA) is 15.3 Å². The molecule has 120 valence electrons. The summed E-state index contributed by atoms with van der Waals surface area (Å²) >= 11 is 6.51. The van der Waals surface area contributed by atoms with Crippen LogP contribution in [0.4, 0.5) is 5.69 Å². The van der Waals surface area contributed by atoms with Crippen LogP contribution >= 0.6 is 11.6 Å². The Morgan fingerprint density at radius 3 is 2.05 bits per heavy atom. The van der Waals surface area contributed by atoms with Crippen molar-refractivity contribution in [2.45, 2.75) is 47.6 Å². The lowest BCUT2D eigenvalue weighted by molar-refractivity contribution is 0.552. The molecule has 0 saturated heterocycles. The first-order valence-corrected chi connectivity index (χ1v) is 8.50. The van der Waals surface area contributed by atoms with E-state index in [9.17, 15) is 0 Å². The third-order valence-corrected chi connectivity index (χ3v) is 3.82. The average molecular weight is 311 g/mol. The maximum atomic E-state index is 6.51. The van der Waals surface area contributed by atoms with Crippen molar-refractivity contribution in [2.24, 2.45) is 11.8 Å². The van der Waals surface area contributed by atoms with Gasteiger partial charge in [0.25, 0.3) is 0 Å². The van der Waals surface area contributed by atoms with Gasteiger partial charge in [-0.05, 0) is 43.0 Å². The van der Waals surface area contributed by atoms with Crippen LogP contribution in [0.5, 0.6) is 0 Å². The highest BCUT2D eigenvalue weighted by molar-refractivity contribution is 6.31. The molecule has 0 spiro atoms. The van der Waals surface area contributed by atoms with Gasteiger partial charge in [0.05, 0.1) is 0 Å². The number of halogens is 1. The second-order valence-corrected chi connectivity index (χ2v) is 7.09. The van der Waals surface area contributed by atoms with Gasteiger partial charge in [0, 0.05) is 29.8 Å². The van der Waals surface area contributed by atoms with Crippen LogP contribution in [0.2, 0.25) is 5.02 Å². The monoisotopic (exact) mass is 310 g/mol. The number of hydrogen-bond donors (Lipinski definition) is 1. The van der Waals surface area contributed by atoms with Crippen LogP contribution in [0, 0.1) is 11.8 Å². The highest BCUT2D eigenvalue weighted by Crippen LogP contribution is 2.28. The van der Waals surface area contributed by atoms with Gasteiger partial charge in [-0.1, -0.05) is 52.3 Å². The second-order valence-electron chi connectivity index (χ2n) is 6.68. The summed E-state index contributed by atoms with van der Waals surface area (Å²) in [6.45, 7) is 16.4. The van der Waals surface area contributed by atoms with E-state index in [4.69, 9.17) is 11.6 Å². The Bertz CT molecular complexity index is 419. The molecule has 0 radical (unpaired) electrons. The summed E-state index contributed by atoms with van der Waals surface area (Å²) in [5, 5.41) is 4.28. The number of hydrogen-bond acceptors (Lipinski definition) is 2. The van der Waals surface area contributed by atoms with Gasteiger partial charge in [0.1, 0.15) is 0 Å². The number of benzene rings is 1. The Balaban J connectivity index is 2.97. The highest BCUT2D eigenvalue weighted by Gasteiger charge is 2.14. The van der Waals surface area contributed by atoms with Crippen molar-refractivity contribution < 1.29 is 0 Å². The standard InChI is InChI=1S/C18H31ClN2/c1-7-20-15(6)17-9-8-16(10-18(17)19)21(11-13(2)3)12-14(4)5/h8-10,13-15,20H,7,11-12H2,1-6H3. The average Bonchev–Trinajstić information content (AvgIpc) is 2.36. The van der Waals surface area contributed by atoms with Crippen LogP contribution in [0.1, 0.15) is 53.1 Å². The normalized spacial score (nSPS) is 13.0. The molecule has 1 aromatic rings. The van der Waals surface area contributed by atoms with E-state index in [0.29, 0.717) is 17.9 Å². The predicted molar refractivity (Wildman–Crippen MR) is 95.4 cm³/mol. The number of anilines is 1. The molecule has 1 atom stereocenters. The molecule has 0 amide bonds. The van der Waals surface area contributed by atoms with E-state index in [0.717, 1.165) is 24.7 Å². The van der Waals surface area contributed by atoms with Crippen molar-refractivity contribution in [3.8, 4) is 0 Å². The molecular formula is C18H31ClN2. The molecule has 0 heterocycles. The van der Waals surface area contributed by atoms with E-state index < -0.39 is 0 Å². The van der Waals surface area contributed by atoms with E-state index in [1.165, 1.54) is 11.3 Å². The summed E-state index contributed by atoms with van der Waals surface area (Å²) in [5.74, 6) is 1.28. The third-order valence-electron chi connectivity index (χ3n) is 3.50. The Hall–Kier alpha value is -0.730. The van der Waals surface area contributed by atoms with Gasteiger partial charge in [-0.2, -0.15) is 0 Å². The van der Waals surface area contributed by atoms with Gasteiger partial charge >= 0.3 is 0 Å². The molecule has 0 saturated carbocycles. The molecular weight excluding hydrogens is 280 g/mol. The summed E-state index contributed by atoms with van der Waals surface area (Å²) in [7, 11) is 0. The maximum absolute atomic E-state index is 6.51. The Morgan fingerprint density at radius 2 is 1.62 bits per heavy atom. The zero-order chi connectivity index (χ0) is 16.0. The molecule has 0 aliphatic rings. The summed E-state index contributed by atoms with van der Waals surface area (Å²) < 4.78 is 0. The lowest BCUT2D eigenvalue weighted by Crippen LogP contribution is -2.31. The van der Waals surface area contributed by atoms with Crippen LogP contribution in [0.3, 0.4) is 0 Å². The lowest BCUT2D eigenvalue weighted by atomic mass is 10.1. The van der Waals surface area contributed by atoms with E-state index in [-0.39, 0.29) is 0 Å². The van der Waals surface area contributed by atoms with Crippen molar-refractivity contribution >= 4 is 17.3 Å². The SMILES string of the molecule is CCNC(C)c1ccc(N(CC(C)C)CC(C)C)cc1Cl. The minimum Gasteiger partial charge on any atom is -0.371 e. The molecule has 0 bridgehead atoms. The van der Waals surface area contributed by atoms with Crippen LogP contribution in [0.15, 0.2) is 18.2 Å². The molecule has 0 aliphatic carbocycles. The second kappa shape index (κ2) is 8.65. The largest absolute Gasteiger partial charge is 0.371 e. The Labute approximate surface area is 135 Å². The van der Waals surface area contributed by atoms with Gasteiger partial charge in [-0.25, -0.2) is 0 Å². The van der Waals surface area contributed by atoms with Crippen molar-refractivity contribution in [2.75, 3.05) is 24.5 Å². The van der Waals surface area contributed by atoms with E-state index in [1.54, 1.807) is 0 Å². The van der Waals surface area contributed by atoms with E-state index >= 15 is 0 Å². The van der Waals surface area contributed by atoms with Crippen molar-refractivity contribution in [3.63, 3.8) is 0 Å². The molecule has 0 fully saturated rings. The Morgan fingerprint density at radius 1 is 1.05 bits per heavy atom. The maximum Gasteiger partial charge on any atom is 0.0474 e. The first-order valence-electron chi connectivity index (χ1n) is 8.12. The molecule has 1 rings (SSSR count). The summed E-state index contributed by atoms with van der Waals surface area (Å²) in [5.41, 5.74) is 2.41. The van der Waals surface area contributed by atoms with Gasteiger partial charge in [-0.15, -0.1) is 0 Å². The van der Waals surface area contributed by atoms with Crippen LogP contribution in [-0.2, 0) is 0 Å². The quantitative estimate of drug-likeness (QED) is 0.716. The van der Waals surface area contributed by atoms with Gasteiger partial charge in [-0.3, -0.25) is 0 Å². The fraction of sp³-hybridized carbons (Fsp3) is 0.667. The molecule has 0 aromatic heterocycles. The fourth-order valence-electron chi connectivity index (χ4n) is 2.65. The molecule has 0 aliphatic heterocycles. The zero-order valence-electron chi connectivity index (χ0n) is 14.4. The number of nitrogens with zero attached hydrogens (tertiary/aromatic N) is 1. The summed E-state index contributed by atoms with van der Waals surface area (Å²) in [4.78, 5) is 2.45. The first-order chi connectivity index (χ1) is 9.85. The third kappa shape index (κ3) is 5.88. The highest BCUT2D eigenvalue weighted by atomic mass is 35.5.